The number of hydrogen-bond acceptors (Lipinski definition) is 6. The molecule has 2 aromatic rings. The standard InChI is InChI=1S/C17H22ClN3O4S/c1-5-21-16(15(11(3)19-21)17(23)25-6-2)20(14(22)9-18)10-13-12(24-4)7-8-26-13/h7-8H,5-6,9-10H2,1-4H3. The smallest absolute Gasteiger partial charge is 0.343 e. The van der Waals surface area contributed by atoms with E-state index in [1.54, 1.807) is 25.6 Å². The number of anilines is 1. The van der Waals surface area contributed by atoms with Gasteiger partial charge in [-0.25, -0.2) is 9.48 Å². The fourth-order valence-electron chi connectivity index (χ4n) is 2.63. The highest BCUT2D eigenvalue weighted by atomic mass is 35.5. The fourth-order valence-corrected chi connectivity index (χ4v) is 3.60. The molecule has 2 heterocycles. The summed E-state index contributed by atoms with van der Waals surface area (Å²) in [6.07, 6.45) is 0. The summed E-state index contributed by atoms with van der Waals surface area (Å²) < 4.78 is 12.1. The number of esters is 1. The van der Waals surface area contributed by atoms with Crippen LogP contribution in [0.1, 0.15) is 34.8 Å². The monoisotopic (exact) mass is 399 g/mol. The van der Waals surface area contributed by atoms with Crippen molar-refractivity contribution in [2.75, 3.05) is 24.5 Å². The van der Waals surface area contributed by atoms with Gasteiger partial charge in [-0.05, 0) is 32.2 Å². The number of thiophene rings is 1. The van der Waals surface area contributed by atoms with Gasteiger partial charge in [-0.1, -0.05) is 0 Å². The van der Waals surface area contributed by atoms with Crippen molar-refractivity contribution >= 4 is 40.6 Å². The number of halogens is 1. The normalized spacial score (nSPS) is 10.7. The summed E-state index contributed by atoms with van der Waals surface area (Å²) in [6, 6.07) is 1.83. The van der Waals surface area contributed by atoms with Gasteiger partial charge in [0.2, 0.25) is 5.91 Å². The van der Waals surface area contributed by atoms with Crippen molar-refractivity contribution in [1.82, 2.24) is 9.78 Å². The van der Waals surface area contributed by atoms with Crippen LogP contribution in [-0.4, -0.2) is 41.3 Å². The van der Waals surface area contributed by atoms with Gasteiger partial charge in [0.25, 0.3) is 0 Å². The molecule has 0 aromatic carbocycles. The first-order valence-electron chi connectivity index (χ1n) is 8.19. The van der Waals surface area contributed by atoms with Crippen LogP contribution in [0.3, 0.4) is 0 Å². The third-order valence-electron chi connectivity index (χ3n) is 3.78. The van der Waals surface area contributed by atoms with E-state index in [-0.39, 0.29) is 30.5 Å². The van der Waals surface area contributed by atoms with Gasteiger partial charge < -0.3 is 9.47 Å². The van der Waals surface area contributed by atoms with Crippen LogP contribution in [0.5, 0.6) is 5.75 Å². The number of rotatable bonds is 8. The third kappa shape index (κ3) is 4.02. The number of carbonyl (C=O) groups is 2. The summed E-state index contributed by atoms with van der Waals surface area (Å²) >= 11 is 7.30. The summed E-state index contributed by atoms with van der Waals surface area (Å²) in [5.74, 6) is 0.0144. The minimum Gasteiger partial charge on any atom is -0.496 e. The Morgan fingerprint density at radius 1 is 1.38 bits per heavy atom. The molecule has 0 aliphatic heterocycles. The first-order chi connectivity index (χ1) is 12.5. The van der Waals surface area contributed by atoms with E-state index in [0.717, 1.165) is 4.88 Å². The van der Waals surface area contributed by atoms with Crippen LogP contribution in [0.25, 0.3) is 0 Å². The van der Waals surface area contributed by atoms with E-state index in [0.29, 0.717) is 23.8 Å². The molecule has 2 aromatic heterocycles. The SMILES string of the molecule is CCOC(=O)c1c(C)nn(CC)c1N(Cc1sccc1OC)C(=O)CCl. The van der Waals surface area contributed by atoms with Crippen molar-refractivity contribution in [3.8, 4) is 5.75 Å². The maximum absolute atomic E-state index is 12.6. The Kier molecular flexibility index (Phi) is 7.05. The second-order valence-corrected chi connectivity index (χ2v) is 6.61. The first kappa shape index (κ1) is 20.3. The minimum atomic E-state index is -0.509. The van der Waals surface area contributed by atoms with Crippen molar-refractivity contribution in [2.45, 2.75) is 33.9 Å². The topological polar surface area (TPSA) is 73.7 Å². The van der Waals surface area contributed by atoms with Gasteiger partial charge in [0.15, 0.2) is 0 Å². The Balaban J connectivity index is 2.57. The van der Waals surface area contributed by atoms with Gasteiger partial charge in [-0.3, -0.25) is 9.69 Å². The van der Waals surface area contributed by atoms with Crippen molar-refractivity contribution in [3.63, 3.8) is 0 Å². The number of hydrogen-bond donors (Lipinski definition) is 0. The van der Waals surface area contributed by atoms with Gasteiger partial charge in [-0.2, -0.15) is 5.10 Å². The van der Waals surface area contributed by atoms with E-state index in [1.807, 2.05) is 18.4 Å². The molecule has 0 fully saturated rings. The first-order valence-corrected chi connectivity index (χ1v) is 9.60. The van der Waals surface area contributed by atoms with Crippen molar-refractivity contribution in [3.05, 3.63) is 27.6 Å². The van der Waals surface area contributed by atoms with Crippen LogP contribution in [0.15, 0.2) is 11.4 Å². The van der Waals surface area contributed by atoms with Crippen LogP contribution < -0.4 is 9.64 Å². The lowest BCUT2D eigenvalue weighted by Crippen LogP contribution is -2.34. The van der Waals surface area contributed by atoms with E-state index in [1.165, 1.54) is 16.2 Å². The van der Waals surface area contributed by atoms with Gasteiger partial charge in [0.1, 0.15) is 23.0 Å². The lowest BCUT2D eigenvalue weighted by molar-refractivity contribution is -0.116. The summed E-state index contributed by atoms with van der Waals surface area (Å²) in [7, 11) is 1.57. The molecule has 26 heavy (non-hydrogen) atoms. The minimum absolute atomic E-state index is 0.218. The van der Waals surface area contributed by atoms with Gasteiger partial charge in [-0.15, -0.1) is 22.9 Å². The summed E-state index contributed by atoms with van der Waals surface area (Å²) in [4.78, 5) is 27.4. The average Bonchev–Trinajstić information content (AvgIpc) is 3.22. The van der Waals surface area contributed by atoms with E-state index in [9.17, 15) is 9.59 Å². The zero-order valence-electron chi connectivity index (χ0n) is 15.2. The largest absolute Gasteiger partial charge is 0.496 e. The molecule has 0 unspecified atom stereocenters. The molecule has 0 spiro atoms. The predicted molar refractivity (Wildman–Crippen MR) is 101 cm³/mol. The Bertz CT molecular complexity index is 787. The van der Waals surface area contributed by atoms with E-state index >= 15 is 0 Å². The third-order valence-corrected chi connectivity index (χ3v) is 4.89. The molecule has 142 valence electrons. The van der Waals surface area contributed by atoms with E-state index in [2.05, 4.69) is 5.10 Å². The Morgan fingerprint density at radius 3 is 2.69 bits per heavy atom. The van der Waals surface area contributed by atoms with Crippen LogP contribution in [0, 0.1) is 6.92 Å². The van der Waals surface area contributed by atoms with Crippen LogP contribution >= 0.6 is 22.9 Å². The second kappa shape index (κ2) is 9.05. The lowest BCUT2D eigenvalue weighted by Gasteiger charge is -2.23. The molecule has 0 saturated carbocycles. The molecule has 0 N–H and O–H groups in total. The van der Waals surface area contributed by atoms with Gasteiger partial charge in [0.05, 0.1) is 30.8 Å². The molecular formula is C17H22ClN3O4S. The summed E-state index contributed by atoms with van der Waals surface area (Å²) in [6.45, 7) is 6.29. The number of amides is 1. The molecule has 0 aliphatic rings. The number of ether oxygens (including phenoxy) is 2. The molecule has 7 nitrogen and oxygen atoms in total. The molecule has 0 bridgehead atoms. The van der Waals surface area contributed by atoms with Crippen LogP contribution in [-0.2, 0) is 22.6 Å². The van der Waals surface area contributed by atoms with Crippen LogP contribution in [0.4, 0.5) is 5.82 Å². The number of aromatic nitrogens is 2. The Labute approximate surface area is 161 Å². The maximum atomic E-state index is 12.6. The number of aryl methyl sites for hydroxylation is 2. The van der Waals surface area contributed by atoms with Gasteiger partial charge in [0, 0.05) is 6.54 Å². The van der Waals surface area contributed by atoms with E-state index in [4.69, 9.17) is 21.1 Å². The number of carbonyl (C=O) groups excluding carboxylic acids is 2. The van der Waals surface area contributed by atoms with Gasteiger partial charge >= 0.3 is 5.97 Å². The fraction of sp³-hybridized carbons (Fsp3) is 0.471. The molecule has 0 atom stereocenters. The molecular weight excluding hydrogens is 378 g/mol. The number of methoxy groups -OCH3 is 1. The molecule has 0 radical (unpaired) electrons. The van der Waals surface area contributed by atoms with Crippen molar-refractivity contribution in [1.29, 1.82) is 0 Å². The molecule has 1 amide bonds. The zero-order valence-corrected chi connectivity index (χ0v) is 16.8. The summed E-state index contributed by atoms with van der Waals surface area (Å²) in [5.41, 5.74) is 0.786. The highest BCUT2D eigenvalue weighted by molar-refractivity contribution is 7.10. The van der Waals surface area contributed by atoms with Crippen molar-refractivity contribution < 1.29 is 19.1 Å². The molecule has 0 aliphatic carbocycles. The van der Waals surface area contributed by atoms with Crippen molar-refractivity contribution in [2.24, 2.45) is 0 Å². The zero-order chi connectivity index (χ0) is 19.3. The second-order valence-electron chi connectivity index (χ2n) is 5.35. The highest BCUT2D eigenvalue weighted by Crippen LogP contribution is 2.31. The average molecular weight is 400 g/mol. The summed E-state index contributed by atoms with van der Waals surface area (Å²) in [5, 5.41) is 6.27. The maximum Gasteiger partial charge on any atom is 0.343 e. The number of alkyl halides is 1. The van der Waals surface area contributed by atoms with E-state index < -0.39 is 5.97 Å². The van der Waals surface area contributed by atoms with Crippen LogP contribution in [0.2, 0.25) is 0 Å². The molecule has 9 heteroatoms. The molecule has 2 rings (SSSR count). The predicted octanol–water partition coefficient (Wildman–Crippen LogP) is 3.23. The number of nitrogens with zero attached hydrogens (tertiary/aromatic N) is 3. The Hall–Kier alpha value is -2.06. The lowest BCUT2D eigenvalue weighted by atomic mass is 10.2. The highest BCUT2D eigenvalue weighted by Gasteiger charge is 2.30. The Morgan fingerprint density at radius 2 is 2.12 bits per heavy atom. The quantitative estimate of drug-likeness (QED) is 0.503. The molecule has 0 saturated heterocycles.